The number of hydrogen-bond donors (Lipinski definition) is 3. The van der Waals surface area contributed by atoms with Crippen LogP contribution in [0.1, 0.15) is 53.6 Å². The lowest BCUT2D eigenvalue weighted by atomic mass is 9.89. The molecule has 46 heavy (non-hydrogen) atoms. The number of aromatic nitrogens is 3. The van der Waals surface area contributed by atoms with Crippen LogP contribution < -0.4 is 16.8 Å². The molecule has 4 aromatic rings. The molecule has 2 atom stereocenters. The van der Waals surface area contributed by atoms with E-state index in [2.05, 4.69) is 68.8 Å². The molecular formula is C36H43N7O3. The normalized spacial score (nSPS) is 18.9. The number of carbonyl (C=O) groups is 2. The van der Waals surface area contributed by atoms with Crippen LogP contribution in [0.2, 0.25) is 0 Å². The molecule has 5 N–H and O–H groups in total. The summed E-state index contributed by atoms with van der Waals surface area (Å²) in [7, 11) is 1.85. The highest BCUT2D eigenvalue weighted by atomic mass is 16.5. The quantitative estimate of drug-likeness (QED) is 0.226. The van der Waals surface area contributed by atoms with Crippen LogP contribution in [0.5, 0.6) is 0 Å². The van der Waals surface area contributed by atoms with E-state index in [4.69, 9.17) is 16.2 Å². The maximum Gasteiger partial charge on any atom is 0.255 e. The summed E-state index contributed by atoms with van der Waals surface area (Å²) in [4.78, 5) is 30.8. The van der Waals surface area contributed by atoms with Gasteiger partial charge in [0.1, 0.15) is 5.82 Å². The molecule has 10 heteroatoms. The number of ether oxygens (including phenoxy) is 1. The first kappa shape index (κ1) is 31.4. The summed E-state index contributed by atoms with van der Waals surface area (Å²) in [5.74, 6) is 0.356. The summed E-state index contributed by atoms with van der Waals surface area (Å²) < 4.78 is 8.03. The molecule has 1 saturated heterocycles. The third kappa shape index (κ3) is 7.81. The van der Waals surface area contributed by atoms with Gasteiger partial charge in [-0.15, -0.1) is 0 Å². The van der Waals surface area contributed by atoms with Gasteiger partial charge >= 0.3 is 0 Å². The lowest BCUT2D eigenvalue weighted by molar-refractivity contribution is -0.119. The van der Waals surface area contributed by atoms with E-state index in [9.17, 15) is 9.59 Å². The molecule has 10 nitrogen and oxygen atoms in total. The minimum absolute atomic E-state index is 0.0674. The number of rotatable bonds is 11. The van der Waals surface area contributed by atoms with Crippen molar-refractivity contribution in [2.24, 2.45) is 18.7 Å². The van der Waals surface area contributed by atoms with Crippen LogP contribution in [0.3, 0.4) is 0 Å². The number of piperidine rings is 1. The van der Waals surface area contributed by atoms with Gasteiger partial charge in [0, 0.05) is 30.6 Å². The maximum absolute atomic E-state index is 13.2. The van der Waals surface area contributed by atoms with Crippen LogP contribution in [0.25, 0.3) is 22.3 Å². The third-order valence-corrected chi connectivity index (χ3v) is 9.29. The van der Waals surface area contributed by atoms with Crippen molar-refractivity contribution in [3.63, 3.8) is 0 Å². The Kier molecular flexibility index (Phi) is 9.75. The molecule has 2 aliphatic rings. The van der Waals surface area contributed by atoms with E-state index < -0.39 is 0 Å². The van der Waals surface area contributed by atoms with Crippen molar-refractivity contribution in [2.45, 2.75) is 57.3 Å². The molecule has 1 aliphatic carbocycles. The van der Waals surface area contributed by atoms with E-state index in [1.165, 1.54) is 16.7 Å². The number of amides is 2. The number of nitrogens with two attached hydrogens (primary N) is 2. The van der Waals surface area contributed by atoms with Crippen molar-refractivity contribution in [1.29, 1.82) is 0 Å². The van der Waals surface area contributed by atoms with Gasteiger partial charge in [0.25, 0.3) is 5.91 Å². The molecule has 0 bridgehead atoms. The number of nitrogens with zero attached hydrogens (tertiary/aromatic N) is 4. The number of likely N-dealkylation sites (tertiary alicyclic amines) is 1. The van der Waals surface area contributed by atoms with Gasteiger partial charge in [-0.1, -0.05) is 48.5 Å². The predicted octanol–water partition coefficient (Wildman–Crippen LogP) is 4.34. The monoisotopic (exact) mass is 621 g/mol. The van der Waals surface area contributed by atoms with Gasteiger partial charge in [-0.05, 0) is 85.9 Å². The molecule has 2 fully saturated rings. The Balaban J connectivity index is 0.993. The fourth-order valence-electron chi connectivity index (χ4n) is 6.65. The molecule has 240 valence electrons. The summed E-state index contributed by atoms with van der Waals surface area (Å²) in [6.45, 7) is 2.72. The zero-order valence-electron chi connectivity index (χ0n) is 26.4. The number of nitrogen functional groups attached to an aromatic ring is 1. The topological polar surface area (TPSA) is 141 Å². The summed E-state index contributed by atoms with van der Waals surface area (Å²) in [6.07, 6.45) is 11.2. The van der Waals surface area contributed by atoms with Gasteiger partial charge in [-0.3, -0.25) is 19.2 Å². The van der Waals surface area contributed by atoms with E-state index in [1.807, 2.05) is 13.2 Å². The standard InChI is InChI=1S/C36H43N7O3/c1-42-21-30(20-40-42)29-18-31(35(38)39-19-29)36(45)41-32-3-2-4-33(32)46-23-26-7-11-28(12-8-26)27-9-5-24(6-10-27)17-25-13-15-43(16-14-25)22-34(37)44/h5-12,18-21,25,32-33H,2-4,13-17,22-23H2,1H3,(H2,37,44)(H2,38,39)(H,41,45)/t32-,33?/m0/s1. The maximum atomic E-state index is 13.2. The van der Waals surface area contributed by atoms with Crippen molar-refractivity contribution >= 4 is 17.6 Å². The highest BCUT2D eigenvalue weighted by Crippen LogP contribution is 2.28. The molecule has 1 aliphatic heterocycles. The average Bonchev–Trinajstić information content (AvgIpc) is 3.70. The number of aryl methyl sites for hydroxylation is 1. The predicted molar refractivity (Wildman–Crippen MR) is 178 cm³/mol. The second-order valence-electron chi connectivity index (χ2n) is 12.7. The van der Waals surface area contributed by atoms with Gasteiger partial charge in [-0.2, -0.15) is 5.10 Å². The summed E-state index contributed by atoms with van der Waals surface area (Å²) in [5.41, 5.74) is 18.3. The lowest BCUT2D eigenvalue weighted by Gasteiger charge is -2.31. The number of nitrogens with one attached hydrogen (secondary N) is 1. The number of hydrogen-bond acceptors (Lipinski definition) is 7. The second kappa shape index (κ2) is 14.3. The highest BCUT2D eigenvalue weighted by molar-refractivity contribution is 5.99. The third-order valence-electron chi connectivity index (χ3n) is 9.29. The lowest BCUT2D eigenvalue weighted by Crippen LogP contribution is -2.41. The Hall–Kier alpha value is -4.54. The zero-order valence-corrected chi connectivity index (χ0v) is 26.4. The van der Waals surface area contributed by atoms with Gasteiger partial charge < -0.3 is 21.5 Å². The van der Waals surface area contributed by atoms with Crippen molar-refractivity contribution in [2.75, 3.05) is 25.4 Å². The SMILES string of the molecule is Cn1cc(-c2cnc(N)c(C(=O)N[C@H]3CCCC3OCc3ccc(-c4ccc(CC5CCN(CC(N)=O)CC5)cc4)cc3)c2)cn1. The van der Waals surface area contributed by atoms with Crippen molar-refractivity contribution in [1.82, 2.24) is 25.0 Å². The number of anilines is 1. The van der Waals surface area contributed by atoms with Crippen LogP contribution >= 0.6 is 0 Å². The summed E-state index contributed by atoms with van der Waals surface area (Å²) in [5, 5.41) is 7.36. The van der Waals surface area contributed by atoms with E-state index in [0.29, 0.717) is 24.6 Å². The Labute approximate surface area is 270 Å². The Morgan fingerprint density at radius 3 is 2.26 bits per heavy atom. The Morgan fingerprint density at radius 1 is 0.913 bits per heavy atom. The van der Waals surface area contributed by atoms with Gasteiger partial charge in [0.05, 0.1) is 37.1 Å². The fourth-order valence-corrected chi connectivity index (χ4v) is 6.65. The van der Waals surface area contributed by atoms with E-state index in [0.717, 1.165) is 68.3 Å². The first-order chi connectivity index (χ1) is 22.3. The van der Waals surface area contributed by atoms with E-state index in [-0.39, 0.29) is 29.8 Å². The first-order valence-electron chi connectivity index (χ1n) is 16.2. The first-order valence-corrected chi connectivity index (χ1v) is 16.2. The van der Waals surface area contributed by atoms with Crippen LogP contribution in [0, 0.1) is 5.92 Å². The van der Waals surface area contributed by atoms with E-state index >= 15 is 0 Å². The number of pyridine rings is 1. The van der Waals surface area contributed by atoms with Crippen LogP contribution in [0.4, 0.5) is 5.82 Å². The summed E-state index contributed by atoms with van der Waals surface area (Å²) >= 11 is 0. The number of benzene rings is 2. The highest BCUT2D eigenvalue weighted by Gasteiger charge is 2.30. The smallest absolute Gasteiger partial charge is 0.255 e. The number of carbonyl (C=O) groups excluding carboxylic acids is 2. The van der Waals surface area contributed by atoms with Gasteiger partial charge in [0.15, 0.2) is 0 Å². The second-order valence-corrected chi connectivity index (χ2v) is 12.7. The average molecular weight is 622 g/mol. The summed E-state index contributed by atoms with van der Waals surface area (Å²) in [6, 6.07) is 19.0. The molecule has 0 spiro atoms. The van der Waals surface area contributed by atoms with Crippen molar-refractivity contribution in [3.05, 3.63) is 89.9 Å². The number of primary amides is 1. The minimum atomic E-state index is -0.248. The minimum Gasteiger partial charge on any atom is -0.383 e. The molecule has 6 rings (SSSR count). The zero-order chi connectivity index (χ0) is 32.0. The molecule has 2 aromatic heterocycles. The molecule has 2 amide bonds. The molecular weight excluding hydrogens is 578 g/mol. The van der Waals surface area contributed by atoms with Crippen LogP contribution in [0.15, 0.2) is 73.2 Å². The Morgan fingerprint density at radius 2 is 1.61 bits per heavy atom. The molecule has 1 saturated carbocycles. The van der Waals surface area contributed by atoms with Crippen LogP contribution in [-0.2, 0) is 29.6 Å². The molecule has 0 radical (unpaired) electrons. The molecule has 3 heterocycles. The van der Waals surface area contributed by atoms with Crippen molar-refractivity contribution in [3.8, 4) is 22.3 Å². The van der Waals surface area contributed by atoms with Gasteiger partial charge in [0.2, 0.25) is 5.91 Å². The Bertz CT molecular complexity index is 1640. The molecule has 1 unspecified atom stereocenters. The fraction of sp³-hybridized carbons (Fsp3) is 0.389. The van der Waals surface area contributed by atoms with Crippen LogP contribution in [-0.4, -0.2) is 63.3 Å². The molecule has 2 aromatic carbocycles. The van der Waals surface area contributed by atoms with Gasteiger partial charge in [-0.25, -0.2) is 4.98 Å². The largest absolute Gasteiger partial charge is 0.383 e. The van der Waals surface area contributed by atoms with E-state index in [1.54, 1.807) is 23.1 Å². The van der Waals surface area contributed by atoms with Crippen molar-refractivity contribution < 1.29 is 14.3 Å².